The first-order valence-electron chi connectivity index (χ1n) is 6.49. The summed E-state index contributed by atoms with van der Waals surface area (Å²) in [5, 5.41) is 2.86. The van der Waals surface area contributed by atoms with Crippen LogP contribution in [0.1, 0.15) is 41.0 Å². The minimum absolute atomic E-state index is 0.00731. The van der Waals surface area contributed by atoms with Crippen LogP contribution in [0.15, 0.2) is 0 Å². The van der Waals surface area contributed by atoms with Gasteiger partial charge in [0.1, 0.15) is 12.1 Å². The average Bonchev–Trinajstić information content (AvgIpc) is 2.20. The molecule has 0 radical (unpaired) electrons. The van der Waals surface area contributed by atoms with Crippen LogP contribution in [0.3, 0.4) is 0 Å². The molecule has 98 valence electrons. The van der Waals surface area contributed by atoms with Gasteiger partial charge in [-0.05, 0) is 25.2 Å². The minimum atomic E-state index is -0.336. The normalized spacial score (nSPS) is 25.7. The highest BCUT2D eigenvalue weighted by Gasteiger charge is 2.40. The van der Waals surface area contributed by atoms with Crippen LogP contribution in [0.5, 0.6) is 0 Å². The van der Waals surface area contributed by atoms with E-state index in [4.69, 9.17) is 0 Å². The van der Waals surface area contributed by atoms with Crippen molar-refractivity contribution in [2.24, 2.45) is 11.8 Å². The Kier molecular flexibility index (Phi) is 4.54. The molecule has 0 bridgehead atoms. The Labute approximate surface area is 104 Å². The fourth-order valence-corrected chi connectivity index (χ4v) is 2.44. The lowest BCUT2D eigenvalue weighted by Gasteiger charge is -2.40. The molecule has 0 aromatic carbocycles. The molecule has 1 N–H and O–H groups in total. The third-order valence-electron chi connectivity index (χ3n) is 3.18. The number of rotatable bonds is 4. The third kappa shape index (κ3) is 2.99. The molecule has 0 aromatic heterocycles. The van der Waals surface area contributed by atoms with Gasteiger partial charge in [-0.25, -0.2) is 0 Å². The van der Waals surface area contributed by atoms with E-state index in [1.807, 2.05) is 20.8 Å². The molecular weight excluding hydrogens is 216 g/mol. The van der Waals surface area contributed by atoms with Gasteiger partial charge in [-0.15, -0.1) is 0 Å². The van der Waals surface area contributed by atoms with Gasteiger partial charge in [0.25, 0.3) is 0 Å². The molecule has 2 unspecified atom stereocenters. The molecule has 4 nitrogen and oxygen atoms in total. The molecule has 0 saturated carbocycles. The van der Waals surface area contributed by atoms with Crippen LogP contribution in [-0.4, -0.2) is 35.3 Å². The van der Waals surface area contributed by atoms with Gasteiger partial charge in [0.05, 0.1) is 0 Å². The quantitative estimate of drug-likeness (QED) is 0.807. The fourth-order valence-electron chi connectivity index (χ4n) is 2.44. The Morgan fingerprint density at radius 2 is 1.82 bits per heavy atom. The first-order valence-corrected chi connectivity index (χ1v) is 6.49. The van der Waals surface area contributed by atoms with Crippen molar-refractivity contribution in [1.82, 2.24) is 10.2 Å². The van der Waals surface area contributed by atoms with Gasteiger partial charge in [-0.1, -0.05) is 27.7 Å². The van der Waals surface area contributed by atoms with Crippen molar-refractivity contribution >= 4 is 11.8 Å². The van der Waals surface area contributed by atoms with E-state index in [0.29, 0.717) is 18.9 Å². The molecule has 2 atom stereocenters. The monoisotopic (exact) mass is 240 g/mol. The van der Waals surface area contributed by atoms with Crippen LogP contribution in [0, 0.1) is 11.8 Å². The number of likely N-dealkylation sites (N-methyl/N-ethyl adjacent to an activating group) is 1. The van der Waals surface area contributed by atoms with Crippen molar-refractivity contribution in [3.63, 3.8) is 0 Å². The summed E-state index contributed by atoms with van der Waals surface area (Å²) in [4.78, 5) is 26.0. The van der Waals surface area contributed by atoms with E-state index in [9.17, 15) is 9.59 Å². The lowest BCUT2D eigenvalue weighted by atomic mass is 9.94. The number of nitrogens with one attached hydrogen (secondary N) is 1. The third-order valence-corrected chi connectivity index (χ3v) is 3.18. The highest BCUT2D eigenvalue weighted by atomic mass is 16.2. The maximum Gasteiger partial charge on any atom is 0.245 e. The smallest absolute Gasteiger partial charge is 0.245 e. The molecule has 17 heavy (non-hydrogen) atoms. The van der Waals surface area contributed by atoms with Gasteiger partial charge in [-0.2, -0.15) is 0 Å². The Balaban J connectivity index is 2.87. The van der Waals surface area contributed by atoms with Crippen LogP contribution in [-0.2, 0) is 9.59 Å². The molecule has 4 heteroatoms. The van der Waals surface area contributed by atoms with Gasteiger partial charge < -0.3 is 10.2 Å². The van der Waals surface area contributed by atoms with E-state index in [2.05, 4.69) is 19.2 Å². The number of piperazine rings is 1. The summed E-state index contributed by atoms with van der Waals surface area (Å²) in [7, 11) is 0. The number of carbonyl (C=O) groups excluding carboxylic acids is 2. The Morgan fingerprint density at radius 1 is 1.24 bits per heavy atom. The molecule has 1 fully saturated rings. The molecule has 1 heterocycles. The van der Waals surface area contributed by atoms with E-state index in [-0.39, 0.29) is 29.8 Å². The maximum absolute atomic E-state index is 12.3. The van der Waals surface area contributed by atoms with Gasteiger partial charge in [0.2, 0.25) is 11.8 Å². The highest BCUT2D eigenvalue weighted by Crippen LogP contribution is 2.20. The lowest BCUT2D eigenvalue weighted by Crippen LogP contribution is -2.64. The van der Waals surface area contributed by atoms with E-state index in [0.717, 1.165) is 0 Å². The minimum Gasteiger partial charge on any atom is -0.342 e. The van der Waals surface area contributed by atoms with Crippen LogP contribution in [0.4, 0.5) is 0 Å². The van der Waals surface area contributed by atoms with Crippen molar-refractivity contribution in [3.8, 4) is 0 Å². The second-order valence-electron chi connectivity index (χ2n) is 5.50. The van der Waals surface area contributed by atoms with Gasteiger partial charge in [0, 0.05) is 6.54 Å². The standard InChI is InChI=1S/C13H24N2O2/c1-6-15-11(9(4)5)12(16)14-10(13(15)17)7-8(2)3/h8-11H,6-7H2,1-5H3,(H,14,16). The van der Waals surface area contributed by atoms with Crippen molar-refractivity contribution in [2.45, 2.75) is 53.1 Å². The van der Waals surface area contributed by atoms with Crippen LogP contribution in [0.25, 0.3) is 0 Å². The zero-order valence-electron chi connectivity index (χ0n) is 11.5. The maximum atomic E-state index is 12.3. The number of carbonyl (C=O) groups is 2. The Bertz CT molecular complexity index is 300. The van der Waals surface area contributed by atoms with Crippen LogP contribution < -0.4 is 5.32 Å². The number of hydrogen-bond acceptors (Lipinski definition) is 2. The highest BCUT2D eigenvalue weighted by molar-refractivity contribution is 5.97. The van der Waals surface area contributed by atoms with Crippen LogP contribution >= 0.6 is 0 Å². The topological polar surface area (TPSA) is 49.4 Å². The molecule has 1 rings (SSSR count). The second kappa shape index (κ2) is 5.52. The molecule has 1 aliphatic rings. The summed E-state index contributed by atoms with van der Waals surface area (Å²) in [5.74, 6) is 0.615. The number of nitrogens with zero attached hydrogens (tertiary/aromatic N) is 1. The zero-order chi connectivity index (χ0) is 13.2. The van der Waals surface area contributed by atoms with E-state index >= 15 is 0 Å². The average molecular weight is 240 g/mol. The predicted molar refractivity (Wildman–Crippen MR) is 67.4 cm³/mol. The van der Waals surface area contributed by atoms with Crippen molar-refractivity contribution < 1.29 is 9.59 Å². The first kappa shape index (κ1) is 14.0. The lowest BCUT2D eigenvalue weighted by molar-refractivity contribution is -0.151. The van der Waals surface area contributed by atoms with Crippen molar-refractivity contribution in [3.05, 3.63) is 0 Å². The zero-order valence-corrected chi connectivity index (χ0v) is 11.5. The van der Waals surface area contributed by atoms with Gasteiger partial charge in [-0.3, -0.25) is 9.59 Å². The number of amides is 2. The molecule has 2 amide bonds. The molecule has 0 aliphatic carbocycles. The van der Waals surface area contributed by atoms with E-state index < -0.39 is 0 Å². The second-order valence-corrected chi connectivity index (χ2v) is 5.50. The predicted octanol–water partition coefficient (Wildman–Crippen LogP) is 1.40. The van der Waals surface area contributed by atoms with Crippen molar-refractivity contribution in [2.75, 3.05) is 6.54 Å². The van der Waals surface area contributed by atoms with Gasteiger partial charge in [0.15, 0.2) is 0 Å². The summed E-state index contributed by atoms with van der Waals surface area (Å²) < 4.78 is 0. The van der Waals surface area contributed by atoms with E-state index in [1.54, 1.807) is 4.90 Å². The van der Waals surface area contributed by atoms with Crippen LogP contribution in [0.2, 0.25) is 0 Å². The van der Waals surface area contributed by atoms with E-state index in [1.165, 1.54) is 0 Å². The Morgan fingerprint density at radius 3 is 2.24 bits per heavy atom. The molecule has 1 aliphatic heterocycles. The molecule has 1 saturated heterocycles. The first-order chi connectivity index (χ1) is 7.88. The van der Waals surface area contributed by atoms with Gasteiger partial charge >= 0.3 is 0 Å². The SMILES string of the molecule is CCN1C(=O)C(CC(C)C)NC(=O)C1C(C)C. The summed E-state index contributed by atoms with van der Waals surface area (Å²) >= 11 is 0. The largest absolute Gasteiger partial charge is 0.342 e. The molecule has 0 aromatic rings. The molecule has 0 spiro atoms. The molecular formula is C13H24N2O2. The Hall–Kier alpha value is -1.06. The summed E-state index contributed by atoms with van der Waals surface area (Å²) in [6.07, 6.45) is 0.714. The summed E-state index contributed by atoms with van der Waals surface area (Å²) in [5.41, 5.74) is 0. The number of hydrogen-bond donors (Lipinski definition) is 1. The summed E-state index contributed by atoms with van der Waals surface area (Å²) in [6, 6.07) is -0.645. The fraction of sp³-hybridized carbons (Fsp3) is 0.846. The summed E-state index contributed by atoms with van der Waals surface area (Å²) in [6.45, 7) is 10.6. The van der Waals surface area contributed by atoms with Crippen molar-refractivity contribution in [1.29, 1.82) is 0 Å².